The molecule has 0 amide bonds. The molecule has 1 atom stereocenters. The van der Waals surface area contributed by atoms with Gasteiger partial charge in [-0.3, -0.25) is 9.69 Å². The third-order valence-corrected chi connectivity index (χ3v) is 6.81. The van der Waals surface area contributed by atoms with Crippen LogP contribution in [0.2, 0.25) is 0 Å². The van der Waals surface area contributed by atoms with Crippen molar-refractivity contribution in [3.8, 4) is 17.2 Å². The Morgan fingerprint density at radius 2 is 1.92 bits per heavy atom. The van der Waals surface area contributed by atoms with Crippen LogP contribution in [0.3, 0.4) is 0 Å². The number of rotatable bonds is 9. The largest absolute Gasteiger partial charge is 0.493 e. The van der Waals surface area contributed by atoms with E-state index in [9.17, 15) is 9.90 Å². The van der Waals surface area contributed by atoms with E-state index in [4.69, 9.17) is 9.15 Å². The van der Waals surface area contributed by atoms with Crippen LogP contribution in [-0.2, 0) is 30.7 Å². The van der Waals surface area contributed by atoms with Gasteiger partial charge >= 0.3 is 5.97 Å². The van der Waals surface area contributed by atoms with Gasteiger partial charge in [0.1, 0.15) is 17.6 Å². The first-order valence-electron chi connectivity index (χ1n) is 12.4. The van der Waals surface area contributed by atoms with Crippen molar-refractivity contribution in [1.82, 2.24) is 9.88 Å². The summed E-state index contributed by atoms with van der Waals surface area (Å²) in [4.78, 5) is 18.7. The number of ether oxygens (including phenoxy) is 1. The fraction of sp³-hybridized carbons (Fsp3) is 0.226. The number of hydrogen-bond donors (Lipinski definition) is 1. The molecule has 37 heavy (non-hydrogen) atoms. The smallest absolute Gasteiger partial charge is 0.321 e. The standard InChI is InChI=1S/C31H30N2O4/c1-3-22-9-11-23(12-10-22)19-33-20-26-17-27(14-13-25(26)18-29(33)31(34)35)36-16-15-28-21(2)37-30(32-28)24-7-5-4-6-8-24/h3-14,17,29H,1,15-16,18-20H2,2H3,(H,34,35)/t29-/m0/s1. The Morgan fingerprint density at radius 3 is 2.65 bits per heavy atom. The van der Waals surface area contributed by atoms with Crippen LogP contribution >= 0.6 is 0 Å². The summed E-state index contributed by atoms with van der Waals surface area (Å²) >= 11 is 0. The third-order valence-electron chi connectivity index (χ3n) is 6.81. The zero-order valence-electron chi connectivity index (χ0n) is 20.9. The van der Waals surface area contributed by atoms with Crippen molar-refractivity contribution in [2.75, 3.05) is 6.61 Å². The number of carboxylic acids is 1. The van der Waals surface area contributed by atoms with E-state index in [-0.39, 0.29) is 0 Å². The van der Waals surface area contributed by atoms with Gasteiger partial charge in [-0.05, 0) is 59.9 Å². The maximum Gasteiger partial charge on any atom is 0.321 e. The summed E-state index contributed by atoms with van der Waals surface area (Å²) < 4.78 is 11.9. The maximum atomic E-state index is 12.0. The minimum Gasteiger partial charge on any atom is -0.493 e. The van der Waals surface area contributed by atoms with Crippen LogP contribution in [0.1, 0.15) is 33.7 Å². The van der Waals surface area contributed by atoms with Crippen molar-refractivity contribution < 1.29 is 19.1 Å². The van der Waals surface area contributed by atoms with Gasteiger partial charge in [0.2, 0.25) is 5.89 Å². The Bertz CT molecular complexity index is 1390. The summed E-state index contributed by atoms with van der Waals surface area (Å²) in [6, 6.07) is 23.3. The Kier molecular flexibility index (Phi) is 7.19. The summed E-state index contributed by atoms with van der Waals surface area (Å²) in [6.45, 7) is 7.30. The number of fused-ring (bicyclic) bond motifs is 1. The highest BCUT2D eigenvalue weighted by molar-refractivity contribution is 5.74. The quantitative estimate of drug-likeness (QED) is 0.311. The molecule has 0 bridgehead atoms. The van der Waals surface area contributed by atoms with Crippen LogP contribution in [0.5, 0.6) is 5.75 Å². The molecule has 0 fully saturated rings. The van der Waals surface area contributed by atoms with Gasteiger partial charge in [-0.2, -0.15) is 0 Å². The lowest BCUT2D eigenvalue weighted by molar-refractivity contribution is -0.144. The van der Waals surface area contributed by atoms with Gasteiger partial charge < -0.3 is 14.3 Å². The molecule has 0 saturated heterocycles. The highest BCUT2D eigenvalue weighted by atomic mass is 16.5. The monoisotopic (exact) mass is 494 g/mol. The number of hydrogen-bond acceptors (Lipinski definition) is 5. The zero-order chi connectivity index (χ0) is 25.8. The van der Waals surface area contributed by atoms with Crippen molar-refractivity contribution in [3.05, 3.63) is 113 Å². The lowest BCUT2D eigenvalue weighted by Crippen LogP contribution is -2.45. The topological polar surface area (TPSA) is 75.8 Å². The van der Waals surface area contributed by atoms with E-state index < -0.39 is 12.0 Å². The number of aromatic nitrogens is 1. The Labute approximate surface area is 216 Å². The Hall–Kier alpha value is -4.16. The third kappa shape index (κ3) is 5.65. The van der Waals surface area contributed by atoms with Crippen LogP contribution in [-0.4, -0.2) is 33.6 Å². The molecule has 0 radical (unpaired) electrons. The van der Waals surface area contributed by atoms with Gasteiger partial charge in [-0.1, -0.05) is 61.2 Å². The Morgan fingerprint density at radius 1 is 1.14 bits per heavy atom. The SMILES string of the molecule is C=Cc1ccc(CN2Cc3cc(OCCc4nc(-c5ccccc5)oc4C)ccc3C[C@H]2C(=O)O)cc1. The molecular formula is C31H30N2O4. The summed E-state index contributed by atoms with van der Waals surface area (Å²) in [5, 5.41) is 9.88. The Balaban J connectivity index is 1.25. The molecule has 4 aromatic rings. The molecule has 2 heterocycles. The van der Waals surface area contributed by atoms with Crippen molar-refractivity contribution in [2.45, 2.75) is 38.9 Å². The lowest BCUT2D eigenvalue weighted by atomic mass is 9.93. The summed E-state index contributed by atoms with van der Waals surface area (Å²) in [5.74, 6) is 1.39. The van der Waals surface area contributed by atoms with E-state index in [0.717, 1.165) is 45.0 Å². The molecule has 3 aromatic carbocycles. The molecule has 0 spiro atoms. The van der Waals surface area contributed by atoms with E-state index in [1.54, 1.807) is 6.08 Å². The second kappa shape index (κ2) is 10.8. The zero-order valence-corrected chi connectivity index (χ0v) is 20.9. The molecule has 6 nitrogen and oxygen atoms in total. The number of nitrogens with zero attached hydrogens (tertiary/aromatic N) is 2. The second-order valence-electron chi connectivity index (χ2n) is 9.33. The van der Waals surface area contributed by atoms with Gasteiger partial charge in [0.25, 0.3) is 0 Å². The van der Waals surface area contributed by atoms with Crippen molar-refractivity contribution >= 4 is 12.0 Å². The first-order chi connectivity index (χ1) is 18.0. The summed E-state index contributed by atoms with van der Waals surface area (Å²) in [5.41, 5.74) is 6.11. The van der Waals surface area contributed by atoms with E-state index in [0.29, 0.717) is 38.4 Å². The predicted molar refractivity (Wildman–Crippen MR) is 143 cm³/mol. The fourth-order valence-electron chi connectivity index (χ4n) is 4.74. The second-order valence-corrected chi connectivity index (χ2v) is 9.33. The molecule has 1 aliphatic heterocycles. The normalized spacial score (nSPS) is 15.2. The highest BCUT2D eigenvalue weighted by Gasteiger charge is 2.31. The molecular weight excluding hydrogens is 464 g/mol. The molecule has 1 aromatic heterocycles. The average molecular weight is 495 g/mol. The molecule has 1 aliphatic rings. The fourth-order valence-corrected chi connectivity index (χ4v) is 4.74. The van der Waals surface area contributed by atoms with E-state index >= 15 is 0 Å². The van der Waals surface area contributed by atoms with Gasteiger partial charge in [0.05, 0.1) is 12.3 Å². The van der Waals surface area contributed by atoms with Crippen LogP contribution in [0, 0.1) is 6.92 Å². The minimum atomic E-state index is -0.799. The van der Waals surface area contributed by atoms with E-state index in [1.165, 1.54) is 0 Å². The number of carbonyl (C=O) groups is 1. The number of benzene rings is 3. The van der Waals surface area contributed by atoms with Crippen molar-refractivity contribution in [1.29, 1.82) is 0 Å². The van der Waals surface area contributed by atoms with Crippen molar-refractivity contribution in [2.24, 2.45) is 0 Å². The molecule has 6 heteroatoms. The van der Waals surface area contributed by atoms with Crippen LogP contribution in [0.15, 0.2) is 83.8 Å². The number of aryl methyl sites for hydroxylation is 1. The number of aliphatic carboxylic acids is 1. The summed E-state index contributed by atoms with van der Waals surface area (Å²) in [7, 11) is 0. The van der Waals surface area contributed by atoms with Crippen LogP contribution in [0.25, 0.3) is 17.5 Å². The minimum absolute atomic E-state index is 0.468. The molecule has 5 rings (SSSR count). The van der Waals surface area contributed by atoms with Crippen molar-refractivity contribution in [3.63, 3.8) is 0 Å². The number of carboxylic acid groups (broad SMARTS) is 1. The number of oxazole rings is 1. The first kappa shape index (κ1) is 24.5. The molecule has 188 valence electrons. The average Bonchev–Trinajstić information content (AvgIpc) is 3.29. The van der Waals surface area contributed by atoms with E-state index in [1.807, 2.05) is 84.6 Å². The van der Waals surface area contributed by atoms with Gasteiger partial charge in [0, 0.05) is 25.1 Å². The molecule has 1 N–H and O–H groups in total. The lowest BCUT2D eigenvalue weighted by Gasteiger charge is -2.34. The van der Waals surface area contributed by atoms with Crippen LogP contribution in [0.4, 0.5) is 0 Å². The molecule has 0 unspecified atom stereocenters. The first-order valence-corrected chi connectivity index (χ1v) is 12.4. The van der Waals surface area contributed by atoms with Gasteiger partial charge in [0.15, 0.2) is 0 Å². The predicted octanol–water partition coefficient (Wildman–Crippen LogP) is 5.93. The van der Waals surface area contributed by atoms with Gasteiger partial charge in [-0.15, -0.1) is 0 Å². The molecule has 0 saturated carbocycles. The highest BCUT2D eigenvalue weighted by Crippen LogP contribution is 2.29. The summed E-state index contributed by atoms with van der Waals surface area (Å²) in [6.07, 6.45) is 2.90. The molecule has 0 aliphatic carbocycles. The van der Waals surface area contributed by atoms with E-state index in [2.05, 4.69) is 11.6 Å². The van der Waals surface area contributed by atoms with Gasteiger partial charge in [-0.25, -0.2) is 4.98 Å². The maximum absolute atomic E-state index is 12.0. The van der Waals surface area contributed by atoms with Crippen LogP contribution < -0.4 is 4.74 Å².